The highest BCUT2D eigenvalue weighted by atomic mass is 35.5. The third-order valence-electron chi connectivity index (χ3n) is 2.28. The molecular weight excluding hydrogens is 185 g/mol. The normalized spacial score (nSPS) is 34.0. The number of rotatable bonds is 0. The maximum Gasteiger partial charge on any atom is 0.136 e. The Bertz CT molecular complexity index is 137. The van der Waals surface area contributed by atoms with E-state index in [0.29, 0.717) is 17.9 Å². The molecule has 4 heteroatoms. The van der Waals surface area contributed by atoms with E-state index in [4.69, 9.17) is 0 Å². The number of ketones is 1. The lowest BCUT2D eigenvalue weighted by molar-refractivity contribution is -0.120. The Morgan fingerprint density at radius 3 is 2.00 bits per heavy atom. The highest BCUT2D eigenvalue weighted by Gasteiger charge is 2.31. The van der Waals surface area contributed by atoms with E-state index in [9.17, 15) is 4.79 Å². The van der Waals surface area contributed by atoms with Gasteiger partial charge in [0, 0.05) is 24.9 Å². The second-order valence-corrected chi connectivity index (χ2v) is 3.08. The van der Waals surface area contributed by atoms with Crippen LogP contribution in [0.1, 0.15) is 25.7 Å². The molecule has 0 aromatic carbocycles. The third kappa shape index (κ3) is 2.32. The fourth-order valence-corrected chi connectivity index (χ4v) is 1.86. The van der Waals surface area contributed by atoms with E-state index in [1.165, 1.54) is 12.8 Å². The number of hydrogen-bond donors (Lipinski definition) is 1. The van der Waals surface area contributed by atoms with Crippen LogP contribution in [-0.2, 0) is 4.79 Å². The fraction of sp³-hybridized carbons (Fsp3) is 0.857. The Labute approximate surface area is 78.9 Å². The summed E-state index contributed by atoms with van der Waals surface area (Å²) in [4.78, 5) is 10.9. The predicted octanol–water partition coefficient (Wildman–Crippen LogP) is 1.31. The van der Waals surface area contributed by atoms with Crippen molar-refractivity contribution < 1.29 is 4.79 Å². The zero-order valence-electron chi connectivity index (χ0n) is 6.21. The SMILES string of the molecule is Cl.Cl.O=C1CC2CCC(C1)N2. The monoisotopic (exact) mass is 197 g/mol. The summed E-state index contributed by atoms with van der Waals surface area (Å²) in [6.07, 6.45) is 4.01. The molecule has 0 spiro atoms. The number of carbonyl (C=O) groups is 1. The van der Waals surface area contributed by atoms with Gasteiger partial charge in [-0.1, -0.05) is 0 Å². The van der Waals surface area contributed by atoms with Crippen LogP contribution in [0, 0.1) is 0 Å². The van der Waals surface area contributed by atoms with Crippen LogP contribution in [0.2, 0.25) is 0 Å². The average Bonchev–Trinajstić information content (AvgIpc) is 2.11. The molecule has 2 unspecified atom stereocenters. The van der Waals surface area contributed by atoms with E-state index in [0.717, 1.165) is 12.8 Å². The average molecular weight is 198 g/mol. The van der Waals surface area contributed by atoms with E-state index in [-0.39, 0.29) is 24.8 Å². The van der Waals surface area contributed by atoms with Crippen LogP contribution in [0.5, 0.6) is 0 Å². The van der Waals surface area contributed by atoms with Gasteiger partial charge >= 0.3 is 0 Å². The van der Waals surface area contributed by atoms with Crippen LogP contribution >= 0.6 is 24.8 Å². The molecule has 2 nitrogen and oxygen atoms in total. The zero-order valence-corrected chi connectivity index (χ0v) is 7.84. The van der Waals surface area contributed by atoms with E-state index in [1.807, 2.05) is 0 Å². The van der Waals surface area contributed by atoms with Gasteiger partial charge in [0.05, 0.1) is 0 Å². The molecule has 11 heavy (non-hydrogen) atoms. The Balaban J connectivity index is 0.000000500. The molecule has 0 aliphatic carbocycles. The summed E-state index contributed by atoms with van der Waals surface area (Å²) in [7, 11) is 0. The van der Waals surface area contributed by atoms with Gasteiger partial charge in [0.15, 0.2) is 0 Å². The Kier molecular flexibility index (Phi) is 4.37. The predicted molar refractivity (Wildman–Crippen MR) is 48.7 cm³/mol. The van der Waals surface area contributed by atoms with Gasteiger partial charge in [-0.2, -0.15) is 0 Å². The van der Waals surface area contributed by atoms with Crippen LogP contribution in [0.15, 0.2) is 0 Å². The lowest BCUT2D eigenvalue weighted by Gasteiger charge is -2.18. The second kappa shape index (κ2) is 4.29. The molecular formula is C7H13Cl2NO. The van der Waals surface area contributed by atoms with Gasteiger partial charge in [0.1, 0.15) is 5.78 Å². The van der Waals surface area contributed by atoms with Crippen molar-refractivity contribution in [1.29, 1.82) is 0 Å². The van der Waals surface area contributed by atoms with Crippen molar-refractivity contribution in [3.05, 3.63) is 0 Å². The van der Waals surface area contributed by atoms with E-state index >= 15 is 0 Å². The quantitative estimate of drug-likeness (QED) is 0.635. The first-order valence-corrected chi connectivity index (χ1v) is 3.62. The maximum atomic E-state index is 10.9. The van der Waals surface area contributed by atoms with Crippen LogP contribution in [0.3, 0.4) is 0 Å². The number of hydrogen-bond acceptors (Lipinski definition) is 2. The molecule has 2 aliphatic rings. The lowest BCUT2D eigenvalue weighted by Crippen LogP contribution is -2.38. The van der Waals surface area contributed by atoms with Crippen molar-refractivity contribution in [2.24, 2.45) is 0 Å². The molecule has 66 valence electrons. The molecule has 2 atom stereocenters. The summed E-state index contributed by atoms with van der Waals surface area (Å²) in [5.41, 5.74) is 0. The molecule has 2 fully saturated rings. The zero-order chi connectivity index (χ0) is 6.27. The van der Waals surface area contributed by atoms with Gasteiger partial charge in [-0.05, 0) is 12.8 Å². The number of Topliss-reactive ketones (excluding diaryl/α,β-unsaturated/α-hetero) is 1. The van der Waals surface area contributed by atoms with Gasteiger partial charge in [-0.25, -0.2) is 0 Å². The number of halogens is 2. The molecule has 0 amide bonds. The maximum absolute atomic E-state index is 10.9. The molecule has 2 rings (SSSR count). The van der Waals surface area contributed by atoms with E-state index in [1.54, 1.807) is 0 Å². The van der Waals surface area contributed by atoms with Crippen molar-refractivity contribution in [3.8, 4) is 0 Å². The third-order valence-corrected chi connectivity index (χ3v) is 2.28. The molecule has 2 saturated heterocycles. The van der Waals surface area contributed by atoms with Crippen molar-refractivity contribution in [1.82, 2.24) is 5.32 Å². The van der Waals surface area contributed by atoms with E-state index < -0.39 is 0 Å². The van der Waals surface area contributed by atoms with Gasteiger partial charge in [0.25, 0.3) is 0 Å². The van der Waals surface area contributed by atoms with Crippen LogP contribution in [-0.4, -0.2) is 17.9 Å². The molecule has 0 aromatic rings. The molecule has 2 bridgehead atoms. The van der Waals surface area contributed by atoms with Gasteiger partial charge in [-0.3, -0.25) is 4.79 Å². The summed E-state index contributed by atoms with van der Waals surface area (Å²) in [5.74, 6) is 0.459. The van der Waals surface area contributed by atoms with Crippen molar-refractivity contribution >= 4 is 30.6 Å². The first-order valence-electron chi connectivity index (χ1n) is 3.62. The number of carbonyl (C=O) groups excluding carboxylic acids is 1. The number of fused-ring (bicyclic) bond motifs is 2. The largest absolute Gasteiger partial charge is 0.310 e. The topological polar surface area (TPSA) is 29.1 Å². The summed E-state index contributed by atoms with van der Waals surface area (Å²) < 4.78 is 0. The van der Waals surface area contributed by atoms with Crippen molar-refractivity contribution in [2.45, 2.75) is 37.8 Å². The minimum absolute atomic E-state index is 0. The number of nitrogens with one attached hydrogen (secondary N) is 1. The molecule has 1 N–H and O–H groups in total. The van der Waals surface area contributed by atoms with Gasteiger partial charge in [0.2, 0.25) is 0 Å². The minimum Gasteiger partial charge on any atom is -0.310 e. The van der Waals surface area contributed by atoms with Crippen LogP contribution in [0.4, 0.5) is 0 Å². The molecule has 0 aromatic heterocycles. The Morgan fingerprint density at radius 1 is 1.09 bits per heavy atom. The summed E-state index contributed by atoms with van der Waals surface area (Å²) in [6.45, 7) is 0. The first-order chi connectivity index (χ1) is 4.34. The lowest BCUT2D eigenvalue weighted by atomic mass is 10.1. The van der Waals surface area contributed by atoms with Crippen LogP contribution < -0.4 is 5.32 Å². The molecule has 0 saturated carbocycles. The fourth-order valence-electron chi connectivity index (χ4n) is 1.86. The Hall–Kier alpha value is 0.210. The molecule has 2 heterocycles. The highest BCUT2D eigenvalue weighted by Crippen LogP contribution is 2.23. The number of piperidine rings is 1. The standard InChI is InChI=1S/C7H11NO.2ClH/c9-7-3-5-1-2-6(4-7)8-5;;/h5-6,8H,1-4H2;2*1H. The summed E-state index contributed by atoms with van der Waals surface area (Å²) in [5, 5.41) is 3.40. The Morgan fingerprint density at radius 2 is 1.55 bits per heavy atom. The highest BCUT2D eigenvalue weighted by molar-refractivity contribution is 5.85. The van der Waals surface area contributed by atoms with Gasteiger partial charge in [-0.15, -0.1) is 24.8 Å². The van der Waals surface area contributed by atoms with Crippen molar-refractivity contribution in [2.75, 3.05) is 0 Å². The smallest absolute Gasteiger partial charge is 0.136 e. The minimum atomic E-state index is 0. The first kappa shape index (κ1) is 11.2. The van der Waals surface area contributed by atoms with E-state index in [2.05, 4.69) is 5.32 Å². The van der Waals surface area contributed by atoms with Crippen LogP contribution in [0.25, 0.3) is 0 Å². The second-order valence-electron chi connectivity index (χ2n) is 3.08. The van der Waals surface area contributed by atoms with Crippen molar-refractivity contribution in [3.63, 3.8) is 0 Å². The summed E-state index contributed by atoms with van der Waals surface area (Å²) in [6, 6.07) is 1.08. The summed E-state index contributed by atoms with van der Waals surface area (Å²) >= 11 is 0. The molecule has 2 aliphatic heterocycles. The van der Waals surface area contributed by atoms with Gasteiger partial charge < -0.3 is 5.32 Å². The molecule has 0 radical (unpaired) electrons.